The monoisotopic (exact) mass is 186 g/mol. The molecule has 0 aliphatic carbocycles. The number of hydrogen-bond donors (Lipinski definition) is 1. The van der Waals surface area contributed by atoms with Crippen molar-refractivity contribution in [1.82, 2.24) is 10.2 Å². The molecule has 1 atom stereocenters. The van der Waals surface area contributed by atoms with Crippen molar-refractivity contribution in [3.63, 3.8) is 0 Å². The molecule has 1 aliphatic rings. The maximum atomic E-state index is 5.08. The molecule has 1 aliphatic heterocycles. The molecule has 1 saturated heterocycles. The third kappa shape index (κ3) is 4.07. The topological polar surface area (TPSA) is 24.5 Å². The Kier molecular flexibility index (Phi) is 5.35. The van der Waals surface area contributed by atoms with Crippen molar-refractivity contribution in [1.29, 1.82) is 0 Å². The maximum Gasteiger partial charge on any atom is 0.0589 e. The molecule has 78 valence electrons. The molecule has 13 heavy (non-hydrogen) atoms. The van der Waals surface area contributed by atoms with Crippen LogP contribution in [-0.2, 0) is 4.74 Å². The molecule has 3 nitrogen and oxygen atoms in total. The third-order valence-corrected chi connectivity index (χ3v) is 2.70. The molecule has 1 heterocycles. The zero-order valence-electron chi connectivity index (χ0n) is 8.88. The number of nitrogens with zero attached hydrogens (tertiary/aromatic N) is 1. The summed E-state index contributed by atoms with van der Waals surface area (Å²) in [6, 6.07) is 0.719. The number of rotatable bonds is 6. The van der Waals surface area contributed by atoms with Crippen LogP contribution in [0.25, 0.3) is 0 Å². The molecular weight excluding hydrogens is 164 g/mol. The normalized spacial score (nSPS) is 22.8. The van der Waals surface area contributed by atoms with Crippen LogP contribution in [0.2, 0.25) is 0 Å². The summed E-state index contributed by atoms with van der Waals surface area (Å²) >= 11 is 0. The molecule has 1 N–H and O–H groups in total. The molecule has 0 radical (unpaired) electrons. The number of hydrogen-bond acceptors (Lipinski definition) is 3. The molecule has 0 aromatic heterocycles. The Hall–Kier alpha value is -0.120. The highest BCUT2D eigenvalue weighted by atomic mass is 16.5. The van der Waals surface area contributed by atoms with Crippen LogP contribution >= 0.6 is 0 Å². The summed E-state index contributed by atoms with van der Waals surface area (Å²) in [5.41, 5.74) is 0. The average molecular weight is 186 g/mol. The fourth-order valence-electron chi connectivity index (χ4n) is 1.82. The van der Waals surface area contributed by atoms with E-state index < -0.39 is 0 Å². The number of nitrogens with one attached hydrogen (secondary N) is 1. The summed E-state index contributed by atoms with van der Waals surface area (Å²) in [7, 11) is 1.77. The summed E-state index contributed by atoms with van der Waals surface area (Å²) in [6.45, 7) is 7.63. The zero-order chi connectivity index (χ0) is 9.52. The van der Waals surface area contributed by atoms with Gasteiger partial charge in [-0.3, -0.25) is 4.90 Å². The highest BCUT2D eigenvalue weighted by Crippen LogP contribution is 2.06. The summed E-state index contributed by atoms with van der Waals surface area (Å²) in [5.74, 6) is 0. The molecule has 1 rings (SSSR count). The maximum absolute atomic E-state index is 5.08. The van der Waals surface area contributed by atoms with Gasteiger partial charge in [-0.1, -0.05) is 6.92 Å². The lowest BCUT2D eigenvalue weighted by Gasteiger charge is -2.23. The van der Waals surface area contributed by atoms with E-state index in [1.165, 1.54) is 25.9 Å². The van der Waals surface area contributed by atoms with Crippen molar-refractivity contribution in [2.45, 2.75) is 25.8 Å². The Morgan fingerprint density at radius 1 is 1.54 bits per heavy atom. The average Bonchev–Trinajstić information content (AvgIpc) is 2.64. The Labute approximate surface area is 81.4 Å². The smallest absolute Gasteiger partial charge is 0.0589 e. The zero-order valence-corrected chi connectivity index (χ0v) is 8.88. The quantitative estimate of drug-likeness (QED) is 0.661. The van der Waals surface area contributed by atoms with E-state index >= 15 is 0 Å². The SMILES string of the molecule is CCN(CCOC)CC1CCCN1. The molecule has 0 spiro atoms. The molecule has 1 fully saturated rings. The van der Waals surface area contributed by atoms with E-state index in [1.54, 1.807) is 7.11 Å². The molecule has 0 aromatic carbocycles. The van der Waals surface area contributed by atoms with Crippen LogP contribution in [0.4, 0.5) is 0 Å². The van der Waals surface area contributed by atoms with Crippen LogP contribution in [0.15, 0.2) is 0 Å². The van der Waals surface area contributed by atoms with Crippen LogP contribution in [0, 0.1) is 0 Å². The van der Waals surface area contributed by atoms with E-state index in [2.05, 4.69) is 17.1 Å². The number of methoxy groups -OCH3 is 1. The van der Waals surface area contributed by atoms with Gasteiger partial charge < -0.3 is 10.1 Å². The summed E-state index contributed by atoms with van der Waals surface area (Å²) in [4.78, 5) is 2.45. The molecule has 3 heteroatoms. The second-order valence-electron chi connectivity index (χ2n) is 3.68. The lowest BCUT2D eigenvalue weighted by molar-refractivity contribution is 0.145. The molecule has 1 unspecified atom stereocenters. The van der Waals surface area contributed by atoms with Crippen LogP contribution in [-0.4, -0.2) is 50.8 Å². The predicted octanol–water partition coefficient (Wildman–Crippen LogP) is 0.707. The summed E-state index contributed by atoms with van der Waals surface area (Å²) in [5, 5.41) is 3.52. The van der Waals surface area contributed by atoms with Gasteiger partial charge in [-0.05, 0) is 25.9 Å². The van der Waals surface area contributed by atoms with Gasteiger partial charge in [0.25, 0.3) is 0 Å². The Bertz CT molecular complexity index is 124. The fourth-order valence-corrected chi connectivity index (χ4v) is 1.82. The lowest BCUT2D eigenvalue weighted by Crippen LogP contribution is -2.38. The van der Waals surface area contributed by atoms with E-state index in [9.17, 15) is 0 Å². The van der Waals surface area contributed by atoms with E-state index in [0.29, 0.717) is 0 Å². The standard InChI is InChI=1S/C10H22N2O/c1-3-12(7-8-13-2)9-10-5-4-6-11-10/h10-11H,3-9H2,1-2H3. The molecular formula is C10H22N2O. The van der Waals surface area contributed by atoms with Crippen LogP contribution in [0.5, 0.6) is 0 Å². The van der Waals surface area contributed by atoms with Crippen molar-refractivity contribution in [2.24, 2.45) is 0 Å². The molecule has 0 saturated carbocycles. The van der Waals surface area contributed by atoms with Crippen molar-refractivity contribution in [3.8, 4) is 0 Å². The van der Waals surface area contributed by atoms with Gasteiger partial charge in [-0.2, -0.15) is 0 Å². The highest BCUT2D eigenvalue weighted by molar-refractivity contribution is 4.77. The largest absolute Gasteiger partial charge is 0.383 e. The lowest BCUT2D eigenvalue weighted by atomic mass is 10.2. The van der Waals surface area contributed by atoms with Gasteiger partial charge in [0, 0.05) is 26.2 Å². The first-order chi connectivity index (χ1) is 6.36. The molecule has 0 aromatic rings. The van der Waals surface area contributed by atoms with Crippen LogP contribution < -0.4 is 5.32 Å². The van der Waals surface area contributed by atoms with Crippen LogP contribution in [0.1, 0.15) is 19.8 Å². The first-order valence-electron chi connectivity index (χ1n) is 5.31. The highest BCUT2D eigenvalue weighted by Gasteiger charge is 2.16. The van der Waals surface area contributed by atoms with Gasteiger partial charge in [-0.15, -0.1) is 0 Å². The van der Waals surface area contributed by atoms with Gasteiger partial charge in [-0.25, -0.2) is 0 Å². The van der Waals surface area contributed by atoms with Crippen molar-refractivity contribution in [3.05, 3.63) is 0 Å². The predicted molar refractivity (Wildman–Crippen MR) is 55.0 cm³/mol. The second kappa shape index (κ2) is 6.35. The van der Waals surface area contributed by atoms with Gasteiger partial charge >= 0.3 is 0 Å². The van der Waals surface area contributed by atoms with Crippen LogP contribution in [0.3, 0.4) is 0 Å². The minimum absolute atomic E-state index is 0.719. The molecule has 0 bridgehead atoms. The van der Waals surface area contributed by atoms with E-state index in [0.717, 1.165) is 25.7 Å². The molecule has 0 amide bonds. The summed E-state index contributed by atoms with van der Waals surface area (Å²) < 4.78 is 5.08. The first-order valence-corrected chi connectivity index (χ1v) is 5.31. The fraction of sp³-hybridized carbons (Fsp3) is 1.00. The van der Waals surface area contributed by atoms with Crippen molar-refractivity contribution in [2.75, 3.05) is 39.9 Å². The second-order valence-corrected chi connectivity index (χ2v) is 3.68. The number of likely N-dealkylation sites (N-methyl/N-ethyl adjacent to an activating group) is 1. The van der Waals surface area contributed by atoms with E-state index in [1.807, 2.05) is 0 Å². The Morgan fingerprint density at radius 2 is 2.38 bits per heavy atom. The Morgan fingerprint density at radius 3 is 2.92 bits per heavy atom. The van der Waals surface area contributed by atoms with E-state index in [-0.39, 0.29) is 0 Å². The van der Waals surface area contributed by atoms with Gasteiger partial charge in [0.05, 0.1) is 6.61 Å². The third-order valence-electron chi connectivity index (χ3n) is 2.70. The van der Waals surface area contributed by atoms with Gasteiger partial charge in [0.1, 0.15) is 0 Å². The minimum atomic E-state index is 0.719. The van der Waals surface area contributed by atoms with Crippen molar-refractivity contribution >= 4 is 0 Å². The van der Waals surface area contributed by atoms with Gasteiger partial charge in [0.2, 0.25) is 0 Å². The first kappa shape index (κ1) is 11.0. The number of ether oxygens (including phenoxy) is 1. The van der Waals surface area contributed by atoms with Gasteiger partial charge in [0.15, 0.2) is 0 Å². The Balaban J connectivity index is 2.13. The van der Waals surface area contributed by atoms with Crippen molar-refractivity contribution < 1.29 is 4.74 Å². The minimum Gasteiger partial charge on any atom is -0.383 e. The summed E-state index contributed by atoms with van der Waals surface area (Å²) in [6.07, 6.45) is 2.68. The van der Waals surface area contributed by atoms with E-state index in [4.69, 9.17) is 4.74 Å².